The van der Waals surface area contributed by atoms with Crippen LogP contribution in [0.3, 0.4) is 0 Å². The molecule has 3 heteroatoms. The van der Waals surface area contributed by atoms with Crippen molar-refractivity contribution in [3.63, 3.8) is 0 Å². The third-order valence-corrected chi connectivity index (χ3v) is 5.85. The summed E-state index contributed by atoms with van der Waals surface area (Å²) in [5.41, 5.74) is 2.60. The molecule has 1 aromatic carbocycles. The Morgan fingerprint density at radius 2 is 1.90 bits per heavy atom. The Hall–Kier alpha value is -0.540. The van der Waals surface area contributed by atoms with Crippen LogP contribution < -0.4 is 10.1 Å². The second-order valence-corrected chi connectivity index (χ2v) is 7.28. The molecule has 0 aromatic heterocycles. The van der Waals surface area contributed by atoms with E-state index in [1.807, 2.05) is 0 Å². The SMILES string of the molecule is Cc1cc(OC2(CCNC3CC3)CCC2)cc(C)c1Br. The van der Waals surface area contributed by atoms with E-state index in [4.69, 9.17) is 4.74 Å². The van der Waals surface area contributed by atoms with Crippen molar-refractivity contribution in [2.45, 2.75) is 64.0 Å². The van der Waals surface area contributed by atoms with Crippen molar-refractivity contribution < 1.29 is 4.74 Å². The van der Waals surface area contributed by atoms with Crippen LogP contribution in [0.1, 0.15) is 49.7 Å². The summed E-state index contributed by atoms with van der Waals surface area (Å²) in [7, 11) is 0. The quantitative estimate of drug-likeness (QED) is 0.824. The van der Waals surface area contributed by atoms with Crippen LogP contribution in [0.5, 0.6) is 5.75 Å². The van der Waals surface area contributed by atoms with Crippen molar-refractivity contribution in [2.24, 2.45) is 0 Å². The van der Waals surface area contributed by atoms with Gasteiger partial charge in [-0.05, 0) is 82.2 Å². The molecule has 0 unspecified atom stereocenters. The van der Waals surface area contributed by atoms with Gasteiger partial charge in [0.1, 0.15) is 11.4 Å². The number of halogens is 1. The lowest BCUT2D eigenvalue weighted by atomic mass is 9.77. The third-order valence-electron chi connectivity index (χ3n) is 4.60. The topological polar surface area (TPSA) is 21.3 Å². The second-order valence-electron chi connectivity index (χ2n) is 6.49. The molecule has 0 spiro atoms. The molecule has 0 bridgehead atoms. The van der Waals surface area contributed by atoms with Gasteiger partial charge < -0.3 is 10.1 Å². The summed E-state index contributed by atoms with van der Waals surface area (Å²) < 4.78 is 7.59. The zero-order valence-electron chi connectivity index (χ0n) is 12.5. The van der Waals surface area contributed by atoms with Gasteiger partial charge in [-0.15, -0.1) is 0 Å². The highest BCUT2D eigenvalue weighted by Gasteiger charge is 2.39. The average Bonchev–Trinajstić information content (AvgIpc) is 3.16. The number of ether oxygens (including phenoxy) is 1. The molecule has 0 radical (unpaired) electrons. The molecule has 2 aliphatic carbocycles. The molecule has 1 aromatic rings. The van der Waals surface area contributed by atoms with E-state index >= 15 is 0 Å². The smallest absolute Gasteiger partial charge is 0.120 e. The maximum atomic E-state index is 6.40. The molecule has 0 heterocycles. The Morgan fingerprint density at radius 1 is 1.25 bits per heavy atom. The minimum Gasteiger partial charge on any atom is -0.487 e. The van der Waals surface area contributed by atoms with E-state index < -0.39 is 0 Å². The van der Waals surface area contributed by atoms with Gasteiger partial charge in [0.2, 0.25) is 0 Å². The maximum absolute atomic E-state index is 6.40. The lowest BCUT2D eigenvalue weighted by Gasteiger charge is -2.42. The van der Waals surface area contributed by atoms with Crippen LogP contribution in [0.2, 0.25) is 0 Å². The highest BCUT2D eigenvalue weighted by atomic mass is 79.9. The fourth-order valence-corrected chi connectivity index (χ4v) is 3.21. The van der Waals surface area contributed by atoms with Gasteiger partial charge in [-0.2, -0.15) is 0 Å². The number of aryl methyl sites for hydroxylation is 2. The monoisotopic (exact) mass is 337 g/mol. The second kappa shape index (κ2) is 5.69. The van der Waals surface area contributed by atoms with E-state index in [-0.39, 0.29) is 5.60 Å². The van der Waals surface area contributed by atoms with E-state index in [1.54, 1.807) is 0 Å². The molecule has 0 amide bonds. The first-order chi connectivity index (χ1) is 9.58. The van der Waals surface area contributed by atoms with Gasteiger partial charge in [-0.1, -0.05) is 15.9 Å². The summed E-state index contributed by atoms with van der Waals surface area (Å²) in [6, 6.07) is 5.11. The molecular formula is C17H24BrNO. The number of hydrogen-bond acceptors (Lipinski definition) is 2. The molecule has 20 heavy (non-hydrogen) atoms. The van der Waals surface area contributed by atoms with E-state index in [2.05, 4.69) is 47.2 Å². The van der Waals surface area contributed by atoms with Crippen molar-refractivity contribution in [1.82, 2.24) is 5.32 Å². The molecule has 2 fully saturated rings. The van der Waals surface area contributed by atoms with Crippen molar-refractivity contribution in [2.75, 3.05) is 6.54 Å². The zero-order chi connectivity index (χ0) is 14.2. The molecule has 0 saturated heterocycles. The minimum atomic E-state index is 0.0919. The first-order valence-corrected chi connectivity index (χ1v) is 8.56. The summed E-state index contributed by atoms with van der Waals surface area (Å²) in [6.07, 6.45) is 7.56. The highest BCUT2D eigenvalue weighted by Crippen LogP contribution is 2.40. The lowest BCUT2D eigenvalue weighted by Crippen LogP contribution is -2.45. The number of hydrogen-bond donors (Lipinski definition) is 1. The molecule has 2 nitrogen and oxygen atoms in total. The van der Waals surface area contributed by atoms with Gasteiger partial charge in [0, 0.05) is 10.5 Å². The zero-order valence-corrected chi connectivity index (χ0v) is 14.1. The summed E-state index contributed by atoms with van der Waals surface area (Å²) in [6.45, 7) is 5.36. The molecule has 110 valence electrons. The van der Waals surface area contributed by atoms with Crippen LogP contribution in [0.15, 0.2) is 16.6 Å². The van der Waals surface area contributed by atoms with Gasteiger partial charge in [-0.25, -0.2) is 0 Å². The summed E-state index contributed by atoms with van der Waals surface area (Å²) in [4.78, 5) is 0. The van der Waals surface area contributed by atoms with Gasteiger partial charge in [0.05, 0.1) is 0 Å². The molecule has 2 saturated carbocycles. The van der Waals surface area contributed by atoms with Crippen molar-refractivity contribution in [3.05, 3.63) is 27.7 Å². The highest BCUT2D eigenvalue weighted by molar-refractivity contribution is 9.10. The minimum absolute atomic E-state index is 0.0919. The van der Waals surface area contributed by atoms with E-state index in [0.29, 0.717) is 0 Å². The van der Waals surface area contributed by atoms with E-state index in [1.165, 1.54) is 47.7 Å². The van der Waals surface area contributed by atoms with Crippen molar-refractivity contribution in [3.8, 4) is 5.75 Å². The lowest BCUT2D eigenvalue weighted by molar-refractivity contribution is -0.0143. The van der Waals surface area contributed by atoms with Crippen LogP contribution in [0.25, 0.3) is 0 Å². The fourth-order valence-electron chi connectivity index (χ4n) is 2.98. The molecule has 0 aliphatic heterocycles. The van der Waals surface area contributed by atoms with Crippen LogP contribution in [-0.2, 0) is 0 Å². The normalized spacial score (nSPS) is 20.6. The van der Waals surface area contributed by atoms with Gasteiger partial charge >= 0.3 is 0 Å². The third kappa shape index (κ3) is 3.20. The molecule has 2 aliphatic rings. The Morgan fingerprint density at radius 3 is 2.40 bits per heavy atom. The Balaban J connectivity index is 1.64. The number of nitrogens with one attached hydrogen (secondary N) is 1. The fraction of sp³-hybridized carbons (Fsp3) is 0.647. The van der Waals surface area contributed by atoms with Crippen LogP contribution >= 0.6 is 15.9 Å². The molecule has 0 atom stereocenters. The number of rotatable bonds is 6. The van der Waals surface area contributed by atoms with Crippen LogP contribution in [0.4, 0.5) is 0 Å². The summed E-state index contributed by atoms with van der Waals surface area (Å²) >= 11 is 3.62. The first-order valence-electron chi connectivity index (χ1n) is 7.77. The predicted octanol–water partition coefficient (Wildman–Crippen LogP) is 4.51. The standard InChI is InChI=1S/C17H24BrNO/c1-12-10-15(11-13(2)16(12)18)20-17(6-3-7-17)8-9-19-14-4-5-14/h10-11,14,19H,3-9H2,1-2H3. The summed E-state index contributed by atoms with van der Waals surface area (Å²) in [5.74, 6) is 1.04. The Labute approximate surface area is 130 Å². The van der Waals surface area contributed by atoms with E-state index in [0.717, 1.165) is 24.8 Å². The van der Waals surface area contributed by atoms with Crippen LogP contribution in [-0.4, -0.2) is 18.2 Å². The van der Waals surface area contributed by atoms with E-state index in [9.17, 15) is 0 Å². The first kappa shape index (κ1) is 14.4. The Kier molecular flexibility index (Phi) is 4.09. The van der Waals surface area contributed by atoms with Gasteiger partial charge in [0.25, 0.3) is 0 Å². The van der Waals surface area contributed by atoms with Crippen molar-refractivity contribution >= 4 is 15.9 Å². The molecule has 3 rings (SSSR count). The molecular weight excluding hydrogens is 314 g/mol. The maximum Gasteiger partial charge on any atom is 0.120 e. The largest absolute Gasteiger partial charge is 0.487 e. The van der Waals surface area contributed by atoms with Gasteiger partial charge in [-0.3, -0.25) is 0 Å². The van der Waals surface area contributed by atoms with Crippen LogP contribution in [0, 0.1) is 13.8 Å². The summed E-state index contributed by atoms with van der Waals surface area (Å²) in [5, 5.41) is 3.61. The predicted molar refractivity (Wildman–Crippen MR) is 86.5 cm³/mol. The molecule has 1 N–H and O–H groups in total. The average molecular weight is 338 g/mol. The Bertz CT molecular complexity index is 469. The van der Waals surface area contributed by atoms with Crippen molar-refractivity contribution in [1.29, 1.82) is 0 Å². The van der Waals surface area contributed by atoms with Gasteiger partial charge in [0.15, 0.2) is 0 Å². The number of benzene rings is 1.